The van der Waals surface area contributed by atoms with Crippen LogP contribution in [0.25, 0.3) is 0 Å². The third-order valence-corrected chi connectivity index (χ3v) is 4.05. The van der Waals surface area contributed by atoms with Gasteiger partial charge in [0, 0.05) is 28.7 Å². The van der Waals surface area contributed by atoms with Gasteiger partial charge in [0.25, 0.3) is 5.69 Å². The number of rotatable bonds is 4. The summed E-state index contributed by atoms with van der Waals surface area (Å²) >= 11 is 18.2. The highest BCUT2D eigenvalue weighted by molar-refractivity contribution is 6.35. The lowest BCUT2D eigenvalue weighted by Gasteiger charge is -2.11. The molecule has 2 aromatic rings. The summed E-state index contributed by atoms with van der Waals surface area (Å²) in [5, 5.41) is 15.4. The van der Waals surface area contributed by atoms with Crippen LogP contribution in [0.4, 0.5) is 11.4 Å². The summed E-state index contributed by atoms with van der Waals surface area (Å²) in [7, 11) is 0. The Morgan fingerprint density at radius 1 is 1.10 bits per heavy atom. The Morgan fingerprint density at radius 3 is 2.48 bits per heavy atom. The number of nitrogens with one attached hydrogen (secondary N) is 1. The maximum atomic E-state index is 10.8. The van der Waals surface area contributed by atoms with Crippen LogP contribution < -0.4 is 5.32 Å². The number of halogens is 3. The van der Waals surface area contributed by atoms with Crippen LogP contribution in [0.3, 0.4) is 0 Å². The second-order valence-electron chi connectivity index (χ2n) is 4.47. The molecule has 0 aliphatic heterocycles. The zero-order valence-electron chi connectivity index (χ0n) is 11.0. The molecule has 21 heavy (non-hydrogen) atoms. The molecule has 0 aliphatic rings. The van der Waals surface area contributed by atoms with Gasteiger partial charge in [-0.15, -0.1) is 0 Å². The molecule has 4 nitrogen and oxygen atoms in total. The van der Waals surface area contributed by atoms with Crippen molar-refractivity contribution in [2.45, 2.75) is 13.5 Å². The maximum absolute atomic E-state index is 10.8. The van der Waals surface area contributed by atoms with Crippen molar-refractivity contribution in [3.63, 3.8) is 0 Å². The average Bonchev–Trinajstić information content (AvgIpc) is 2.42. The third-order valence-electron chi connectivity index (χ3n) is 2.96. The first-order valence-electron chi connectivity index (χ1n) is 6.01. The largest absolute Gasteiger partial charge is 0.380 e. The summed E-state index contributed by atoms with van der Waals surface area (Å²) in [6.07, 6.45) is 0. The van der Waals surface area contributed by atoms with Crippen molar-refractivity contribution in [3.8, 4) is 0 Å². The lowest BCUT2D eigenvalue weighted by molar-refractivity contribution is -0.384. The van der Waals surface area contributed by atoms with Gasteiger partial charge in [-0.3, -0.25) is 10.1 Å². The first kappa shape index (κ1) is 15.9. The van der Waals surface area contributed by atoms with E-state index in [1.54, 1.807) is 12.1 Å². The second-order valence-corrected chi connectivity index (χ2v) is 5.69. The van der Waals surface area contributed by atoms with E-state index in [0.29, 0.717) is 32.9 Å². The van der Waals surface area contributed by atoms with E-state index < -0.39 is 4.92 Å². The monoisotopic (exact) mass is 344 g/mol. The minimum absolute atomic E-state index is 0.00997. The molecule has 1 N–H and O–H groups in total. The van der Waals surface area contributed by atoms with Crippen LogP contribution in [0.5, 0.6) is 0 Å². The van der Waals surface area contributed by atoms with Crippen LogP contribution in [0, 0.1) is 17.0 Å². The number of aryl methyl sites for hydroxylation is 1. The molecule has 0 aromatic heterocycles. The summed E-state index contributed by atoms with van der Waals surface area (Å²) in [5.41, 5.74) is 2.12. The second kappa shape index (κ2) is 6.52. The molecule has 7 heteroatoms. The van der Waals surface area contributed by atoms with Crippen molar-refractivity contribution in [2.75, 3.05) is 5.32 Å². The number of hydrogen-bond donors (Lipinski definition) is 1. The first-order valence-corrected chi connectivity index (χ1v) is 7.14. The van der Waals surface area contributed by atoms with Crippen molar-refractivity contribution in [1.29, 1.82) is 0 Å². The Balaban J connectivity index is 2.22. The van der Waals surface area contributed by atoms with Gasteiger partial charge in [0.05, 0.1) is 15.6 Å². The van der Waals surface area contributed by atoms with Gasteiger partial charge in [-0.1, -0.05) is 34.8 Å². The Bertz CT molecular complexity index is 705. The number of benzene rings is 2. The molecule has 2 aromatic carbocycles. The Kier molecular flexibility index (Phi) is 4.93. The van der Waals surface area contributed by atoms with Crippen LogP contribution in [0.1, 0.15) is 11.1 Å². The Hall–Kier alpha value is -1.49. The van der Waals surface area contributed by atoms with Gasteiger partial charge in [0.2, 0.25) is 0 Å². The molecule has 0 fully saturated rings. The minimum Gasteiger partial charge on any atom is -0.380 e. The molecule has 2 rings (SSSR count). The Morgan fingerprint density at radius 2 is 1.81 bits per heavy atom. The molecule has 0 bridgehead atoms. The van der Waals surface area contributed by atoms with Crippen LogP contribution in [0.15, 0.2) is 30.3 Å². The molecule has 110 valence electrons. The molecule has 0 saturated carbocycles. The number of non-ortho nitro benzene ring substituents is 1. The summed E-state index contributed by atoms with van der Waals surface area (Å²) in [6.45, 7) is 2.16. The van der Waals surface area contributed by atoms with Crippen molar-refractivity contribution >= 4 is 46.2 Å². The molecule has 0 unspecified atom stereocenters. The van der Waals surface area contributed by atoms with Crippen molar-refractivity contribution in [2.24, 2.45) is 0 Å². The fraction of sp³-hybridized carbons (Fsp3) is 0.143. The van der Waals surface area contributed by atoms with E-state index in [9.17, 15) is 10.1 Å². The fourth-order valence-corrected chi connectivity index (χ4v) is 2.42. The van der Waals surface area contributed by atoms with Gasteiger partial charge >= 0.3 is 0 Å². The van der Waals surface area contributed by atoms with Gasteiger partial charge < -0.3 is 5.32 Å². The van der Waals surface area contributed by atoms with Gasteiger partial charge in [-0.05, 0) is 36.2 Å². The van der Waals surface area contributed by atoms with E-state index in [1.165, 1.54) is 18.2 Å². The first-order chi connectivity index (χ1) is 9.88. The Labute approximate surface area is 136 Å². The van der Waals surface area contributed by atoms with Crippen LogP contribution >= 0.6 is 34.8 Å². The summed E-state index contributed by atoms with van der Waals surface area (Å²) in [4.78, 5) is 10.3. The molecule has 0 radical (unpaired) electrons. The summed E-state index contributed by atoms with van der Waals surface area (Å²) in [6, 6.07) is 7.76. The summed E-state index contributed by atoms with van der Waals surface area (Å²) in [5.74, 6) is 0. The molecule has 0 atom stereocenters. The number of anilines is 1. The maximum Gasteiger partial charge on any atom is 0.269 e. The molecular formula is C14H11Cl3N2O2. The zero-order valence-corrected chi connectivity index (χ0v) is 13.3. The van der Waals surface area contributed by atoms with E-state index in [0.717, 1.165) is 5.56 Å². The molecule has 0 aliphatic carbocycles. The predicted octanol–water partition coefficient (Wildman–Crippen LogP) is 5.48. The fourth-order valence-electron chi connectivity index (χ4n) is 1.78. The quantitative estimate of drug-likeness (QED) is 0.590. The lowest BCUT2D eigenvalue weighted by Crippen LogP contribution is -2.02. The van der Waals surface area contributed by atoms with E-state index >= 15 is 0 Å². The highest BCUT2D eigenvalue weighted by atomic mass is 35.5. The highest BCUT2D eigenvalue weighted by Crippen LogP contribution is 2.30. The molecule has 0 saturated heterocycles. The normalized spacial score (nSPS) is 10.5. The summed E-state index contributed by atoms with van der Waals surface area (Å²) < 4.78 is 0. The van der Waals surface area contributed by atoms with E-state index in [4.69, 9.17) is 34.8 Å². The number of nitrogens with zero attached hydrogens (tertiary/aromatic N) is 1. The lowest BCUT2D eigenvalue weighted by atomic mass is 10.2. The van der Waals surface area contributed by atoms with Crippen molar-refractivity contribution in [3.05, 3.63) is 66.6 Å². The van der Waals surface area contributed by atoms with E-state index in [1.807, 2.05) is 6.92 Å². The van der Waals surface area contributed by atoms with Crippen LogP contribution in [-0.4, -0.2) is 4.92 Å². The van der Waals surface area contributed by atoms with Gasteiger partial charge in [-0.25, -0.2) is 0 Å². The minimum atomic E-state index is -0.463. The molecule has 0 heterocycles. The number of nitro groups is 1. The third kappa shape index (κ3) is 3.79. The zero-order chi connectivity index (χ0) is 15.6. The average molecular weight is 346 g/mol. The van der Waals surface area contributed by atoms with Crippen LogP contribution in [-0.2, 0) is 6.54 Å². The smallest absolute Gasteiger partial charge is 0.269 e. The van der Waals surface area contributed by atoms with Crippen molar-refractivity contribution < 1.29 is 4.92 Å². The topological polar surface area (TPSA) is 55.2 Å². The molecular weight excluding hydrogens is 335 g/mol. The highest BCUT2D eigenvalue weighted by Gasteiger charge is 2.11. The van der Waals surface area contributed by atoms with Crippen LogP contribution in [0.2, 0.25) is 15.1 Å². The predicted molar refractivity (Wildman–Crippen MR) is 86.6 cm³/mol. The van der Waals surface area contributed by atoms with Gasteiger partial charge in [-0.2, -0.15) is 0 Å². The SMILES string of the molecule is Cc1cc(Cl)c(NCc2cc([N+](=O)[O-])ccc2Cl)cc1Cl. The van der Waals surface area contributed by atoms with Crippen molar-refractivity contribution in [1.82, 2.24) is 0 Å². The standard InChI is InChI=1S/C14H11Cl3N2O2/c1-8-4-13(17)14(6-12(8)16)18-7-9-5-10(19(20)21)2-3-11(9)15/h2-6,18H,7H2,1H3. The van der Waals surface area contributed by atoms with Gasteiger partial charge in [0.15, 0.2) is 0 Å². The van der Waals surface area contributed by atoms with Gasteiger partial charge in [0.1, 0.15) is 0 Å². The number of nitro benzene ring substituents is 1. The van der Waals surface area contributed by atoms with E-state index in [2.05, 4.69) is 5.32 Å². The molecule has 0 amide bonds. The molecule has 0 spiro atoms. The van der Waals surface area contributed by atoms with E-state index in [-0.39, 0.29) is 5.69 Å². The number of hydrogen-bond acceptors (Lipinski definition) is 3.